The summed E-state index contributed by atoms with van der Waals surface area (Å²) < 4.78 is 5.45. The molecule has 2 fully saturated rings. The number of hydrogen-bond donors (Lipinski definition) is 2. The van der Waals surface area contributed by atoms with E-state index in [0.29, 0.717) is 18.4 Å². The van der Waals surface area contributed by atoms with Crippen molar-refractivity contribution in [3.8, 4) is 0 Å². The van der Waals surface area contributed by atoms with Gasteiger partial charge in [0.25, 0.3) is 0 Å². The number of nitrogens with zero attached hydrogens (tertiary/aromatic N) is 4. The van der Waals surface area contributed by atoms with Crippen molar-refractivity contribution < 1.29 is 9.32 Å². The molecular weight excluding hydrogens is 392 g/mol. The van der Waals surface area contributed by atoms with Crippen LogP contribution in [0.4, 0.5) is 0 Å². The predicted molar refractivity (Wildman–Crippen MR) is 123 cm³/mol. The lowest BCUT2D eigenvalue weighted by atomic mass is 10.1. The SMILES string of the molecule is CCNC(=NCc1c(CC)noc1CC)NCCN1CCN(C(=O)C2CCCC2)CC1. The zero-order chi connectivity index (χ0) is 22.1. The van der Waals surface area contributed by atoms with Gasteiger partial charge in [0.15, 0.2) is 5.96 Å². The van der Waals surface area contributed by atoms with Gasteiger partial charge in [-0.05, 0) is 26.2 Å². The summed E-state index contributed by atoms with van der Waals surface area (Å²) in [6, 6.07) is 0. The van der Waals surface area contributed by atoms with Gasteiger partial charge in [0.2, 0.25) is 5.91 Å². The Morgan fingerprint density at radius 3 is 2.48 bits per heavy atom. The molecule has 174 valence electrons. The summed E-state index contributed by atoms with van der Waals surface area (Å²) >= 11 is 0. The first kappa shape index (κ1) is 23.6. The lowest BCUT2D eigenvalue weighted by Crippen LogP contribution is -2.51. The summed E-state index contributed by atoms with van der Waals surface area (Å²) in [5, 5.41) is 11.0. The van der Waals surface area contributed by atoms with Gasteiger partial charge in [-0.25, -0.2) is 4.99 Å². The smallest absolute Gasteiger partial charge is 0.225 e. The number of piperazine rings is 1. The Kier molecular flexibility index (Phi) is 9.18. The summed E-state index contributed by atoms with van der Waals surface area (Å²) in [6.45, 7) is 13.0. The van der Waals surface area contributed by atoms with Gasteiger partial charge in [-0.1, -0.05) is 31.8 Å². The monoisotopic (exact) mass is 432 g/mol. The third kappa shape index (κ3) is 6.45. The average molecular weight is 433 g/mol. The van der Waals surface area contributed by atoms with Crippen molar-refractivity contribution in [1.82, 2.24) is 25.6 Å². The van der Waals surface area contributed by atoms with Crippen LogP contribution in [0.25, 0.3) is 0 Å². The van der Waals surface area contributed by atoms with E-state index in [2.05, 4.69) is 46.4 Å². The highest BCUT2D eigenvalue weighted by Crippen LogP contribution is 2.26. The van der Waals surface area contributed by atoms with E-state index in [1.54, 1.807) is 0 Å². The molecule has 1 saturated heterocycles. The zero-order valence-electron chi connectivity index (χ0n) is 19.6. The molecule has 2 N–H and O–H groups in total. The molecule has 1 saturated carbocycles. The number of aryl methyl sites for hydroxylation is 2. The van der Waals surface area contributed by atoms with Crippen LogP contribution < -0.4 is 10.6 Å². The topological polar surface area (TPSA) is 86.0 Å². The van der Waals surface area contributed by atoms with Gasteiger partial charge >= 0.3 is 0 Å². The van der Waals surface area contributed by atoms with Gasteiger partial charge < -0.3 is 20.1 Å². The molecule has 2 aliphatic rings. The Morgan fingerprint density at radius 1 is 1.10 bits per heavy atom. The van der Waals surface area contributed by atoms with E-state index in [0.717, 1.165) is 94.5 Å². The van der Waals surface area contributed by atoms with E-state index < -0.39 is 0 Å². The second kappa shape index (κ2) is 12.1. The fourth-order valence-electron chi connectivity index (χ4n) is 4.57. The molecule has 0 atom stereocenters. The standard InChI is InChI=1S/C23H40N6O2/c1-4-20-19(21(5-2)31-27-20)17-26-23(24-6-3)25-11-12-28-13-15-29(16-14-28)22(30)18-9-7-8-10-18/h18H,4-17H2,1-3H3,(H2,24,25,26). The summed E-state index contributed by atoms with van der Waals surface area (Å²) in [5.41, 5.74) is 2.12. The minimum atomic E-state index is 0.291. The number of rotatable bonds is 9. The number of aliphatic imine (C=N–C) groups is 1. The first-order valence-corrected chi connectivity index (χ1v) is 12.2. The molecule has 0 spiro atoms. The van der Waals surface area contributed by atoms with Crippen molar-refractivity contribution >= 4 is 11.9 Å². The van der Waals surface area contributed by atoms with Gasteiger partial charge in [0, 0.05) is 63.7 Å². The van der Waals surface area contributed by atoms with Crippen LogP contribution in [-0.4, -0.2) is 72.6 Å². The van der Waals surface area contributed by atoms with Gasteiger partial charge in [-0.2, -0.15) is 0 Å². The maximum atomic E-state index is 12.6. The van der Waals surface area contributed by atoms with Crippen LogP contribution in [0.2, 0.25) is 0 Å². The second-order valence-corrected chi connectivity index (χ2v) is 8.51. The van der Waals surface area contributed by atoms with Crippen LogP contribution in [0.5, 0.6) is 0 Å². The molecule has 0 aromatic carbocycles. The number of hydrogen-bond acceptors (Lipinski definition) is 5. The molecule has 1 amide bonds. The van der Waals surface area contributed by atoms with Crippen LogP contribution in [0.15, 0.2) is 9.52 Å². The molecule has 1 aromatic heterocycles. The van der Waals surface area contributed by atoms with Crippen LogP contribution in [0, 0.1) is 5.92 Å². The fraction of sp³-hybridized carbons (Fsp3) is 0.783. The molecule has 0 radical (unpaired) electrons. The van der Waals surface area contributed by atoms with Crippen LogP contribution in [0.1, 0.15) is 63.5 Å². The molecule has 8 nitrogen and oxygen atoms in total. The maximum absolute atomic E-state index is 12.6. The third-order valence-corrected chi connectivity index (χ3v) is 6.46. The van der Waals surface area contributed by atoms with Crippen molar-refractivity contribution in [2.45, 2.75) is 65.8 Å². The largest absolute Gasteiger partial charge is 0.361 e. The summed E-state index contributed by atoms with van der Waals surface area (Å²) in [5.74, 6) is 2.44. The number of aromatic nitrogens is 1. The molecular formula is C23H40N6O2. The Bertz CT molecular complexity index is 696. The Hall–Kier alpha value is -2.09. The summed E-state index contributed by atoms with van der Waals surface area (Å²) in [4.78, 5) is 21.9. The average Bonchev–Trinajstić information content (AvgIpc) is 3.47. The van der Waals surface area contributed by atoms with E-state index in [9.17, 15) is 4.79 Å². The van der Waals surface area contributed by atoms with E-state index in [1.807, 2.05) is 0 Å². The van der Waals surface area contributed by atoms with Crippen molar-refractivity contribution in [3.63, 3.8) is 0 Å². The lowest BCUT2D eigenvalue weighted by molar-refractivity contribution is -0.137. The molecule has 8 heteroatoms. The van der Waals surface area contributed by atoms with Crippen molar-refractivity contribution in [2.24, 2.45) is 10.9 Å². The van der Waals surface area contributed by atoms with E-state index in [1.165, 1.54) is 12.8 Å². The molecule has 0 bridgehead atoms. The van der Waals surface area contributed by atoms with Crippen molar-refractivity contribution in [2.75, 3.05) is 45.8 Å². The molecule has 31 heavy (non-hydrogen) atoms. The number of carbonyl (C=O) groups excluding carboxylic acids is 1. The quantitative estimate of drug-likeness (QED) is 0.460. The number of amides is 1. The van der Waals surface area contributed by atoms with Gasteiger partial charge in [-0.3, -0.25) is 9.69 Å². The fourth-order valence-corrected chi connectivity index (χ4v) is 4.57. The molecule has 0 unspecified atom stereocenters. The van der Waals surface area contributed by atoms with Crippen LogP contribution in [-0.2, 0) is 24.2 Å². The first-order valence-electron chi connectivity index (χ1n) is 12.2. The number of nitrogens with one attached hydrogen (secondary N) is 2. The van der Waals surface area contributed by atoms with Crippen molar-refractivity contribution in [3.05, 3.63) is 17.0 Å². The third-order valence-electron chi connectivity index (χ3n) is 6.46. The van der Waals surface area contributed by atoms with Gasteiger partial charge in [0.05, 0.1) is 12.2 Å². The maximum Gasteiger partial charge on any atom is 0.225 e. The van der Waals surface area contributed by atoms with Crippen LogP contribution >= 0.6 is 0 Å². The highest BCUT2D eigenvalue weighted by atomic mass is 16.5. The molecule has 1 aliphatic heterocycles. The van der Waals surface area contributed by atoms with E-state index >= 15 is 0 Å². The van der Waals surface area contributed by atoms with E-state index in [-0.39, 0.29) is 0 Å². The predicted octanol–water partition coefficient (Wildman–Crippen LogP) is 2.19. The normalized spacial score (nSPS) is 18.5. The molecule has 1 aromatic rings. The number of guanidine groups is 1. The molecule has 2 heterocycles. The lowest BCUT2D eigenvalue weighted by Gasteiger charge is -2.36. The second-order valence-electron chi connectivity index (χ2n) is 8.51. The van der Waals surface area contributed by atoms with E-state index in [4.69, 9.17) is 9.52 Å². The summed E-state index contributed by atoms with van der Waals surface area (Å²) in [7, 11) is 0. The molecule has 1 aliphatic carbocycles. The Morgan fingerprint density at radius 2 is 1.84 bits per heavy atom. The van der Waals surface area contributed by atoms with Crippen LogP contribution in [0.3, 0.4) is 0 Å². The Balaban J connectivity index is 1.43. The Labute approximate surface area is 186 Å². The van der Waals surface area contributed by atoms with Gasteiger partial charge in [0.1, 0.15) is 5.76 Å². The first-order chi connectivity index (χ1) is 15.2. The number of carbonyl (C=O) groups is 1. The molecule has 3 rings (SSSR count). The van der Waals surface area contributed by atoms with Gasteiger partial charge in [-0.15, -0.1) is 0 Å². The minimum Gasteiger partial charge on any atom is -0.361 e. The summed E-state index contributed by atoms with van der Waals surface area (Å²) in [6.07, 6.45) is 6.29. The zero-order valence-corrected chi connectivity index (χ0v) is 19.6. The highest BCUT2D eigenvalue weighted by molar-refractivity contribution is 5.80. The highest BCUT2D eigenvalue weighted by Gasteiger charge is 2.29. The minimum absolute atomic E-state index is 0.291. The van der Waals surface area contributed by atoms with Crippen molar-refractivity contribution in [1.29, 1.82) is 0 Å².